The average molecular weight is 508 g/mol. The van der Waals surface area contributed by atoms with Gasteiger partial charge in [0.1, 0.15) is 11.5 Å². The molecule has 0 spiro atoms. The zero-order valence-corrected chi connectivity index (χ0v) is 21.6. The Morgan fingerprint density at radius 1 is 1.19 bits per heavy atom. The highest BCUT2D eigenvalue weighted by atomic mass is 16.6. The van der Waals surface area contributed by atoms with E-state index in [-0.39, 0.29) is 29.6 Å². The molecule has 2 fully saturated rings. The number of hydrogen-bond donors (Lipinski definition) is 1. The highest BCUT2D eigenvalue weighted by Gasteiger charge is 2.49. The van der Waals surface area contributed by atoms with Gasteiger partial charge in [-0.25, -0.2) is 4.79 Å². The van der Waals surface area contributed by atoms with Crippen LogP contribution >= 0.6 is 0 Å². The third kappa shape index (κ3) is 5.30. The molecule has 2 aliphatic rings. The van der Waals surface area contributed by atoms with Crippen LogP contribution in [-0.2, 0) is 14.3 Å². The second kappa shape index (κ2) is 11.0. The van der Waals surface area contributed by atoms with Crippen LogP contribution in [0.4, 0.5) is 4.79 Å². The Labute approximate surface area is 216 Å². The number of rotatable bonds is 6. The number of ether oxygens (including phenoxy) is 2. The topological polar surface area (TPSA) is 109 Å². The van der Waals surface area contributed by atoms with E-state index < -0.39 is 17.7 Å². The van der Waals surface area contributed by atoms with Gasteiger partial charge >= 0.3 is 6.09 Å². The van der Waals surface area contributed by atoms with Crippen LogP contribution in [0.2, 0.25) is 0 Å². The van der Waals surface area contributed by atoms with Gasteiger partial charge in [-0.15, -0.1) is 0 Å². The van der Waals surface area contributed by atoms with Crippen LogP contribution in [0, 0.1) is 6.92 Å². The van der Waals surface area contributed by atoms with Gasteiger partial charge < -0.3 is 24.4 Å². The van der Waals surface area contributed by atoms with Crippen molar-refractivity contribution in [2.45, 2.75) is 58.7 Å². The second-order valence-electron chi connectivity index (χ2n) is 9.56. The number of piperidine rings is 1. The summed E-state index contributed by atoms with van der Waals surface area (Å²) in [5, 5.41) is 11.4. The van der Waals surface area contributed by atoms with Gasteiger partial charge in [-0.1, -0.05) is 6.07 Å². The van der Waals surface area contributed by atoms with E-state index >= 15 is 0 Å². The van der Waals surface area contributed by atoms with Gasteiger partial charge in [0.15, 0.2) is 0 Å². The van der Waals surface area contributed by atoms with E-state index in [2.05, 4.69) is 4.98 Å². The lowest BCUT2D eigenvalue weighted by Crippen LogP contribution is -2.48. The first-order valence-electron chi connectivity index (χ1n) is 12.6. The van der Waals surface area contributed by atoms with Crippen molar-refractivity contribution in [2.24, 2.45) is 0 Å². The van der Waals surface area contributed by atoms with Gasteiger partial charge in [0.2, 0.25) is 0 Å². The summed E-state index contributed by atoms with van der Waals surface area (Å²) in [7, 11) is 0. The number of carbonyl (C=O) groups is 3. The minimum absolute atomic E-state index is 0.00991. The molecular weight excluding hydrogens is 474 g/mol. The van der Waals surface area contributed by atoms with E-state index in [0.29, 0.717) is 49.4 Å². The number of ketones is 1. The SMILES string of the molecule is CCOC(=O)N1CCC(N2C(=O)C(=O)/C(=C(/O)c3ccc(OC(C)C)c(C)c3)C2c2cccnc2)CC1. The Kier molecular flexibility index (Phi) is 7.80. The van der Waals surface area contributed by atoms with Crippen molar-refractivity contribution in [1.29, 1.82) is 0 Å². The summed E-state index contributed by atoms with van der Waals surface area (Å²) in [4.78, 5) is 46.3. The molecule has 1 atom stereocenters. The van der Waals surface area contributed by atoms with Crippen molar-refractivity contribution in [2.75, 3.05) is 19.7 Å². The first kappa shape index (κ1) is 26.2. The predicted molar refractivity (Wildman–Crippen MR) is 137 cm³/mol. The molecule has 1 unspecified atom stereocenters. The fourth-order valence-corrected chi connectivity index (χ4v) is 4.97. The third-order valence-corrected chi connectivity index (χ3v) is 6.68. The molecule has 0 saturated carbocycles. The molecule has 2 aromatic rings. The molecule has 3 heterocycles. The number of aliphatic hydroxyl groups excluding tert-OH is 1. The number of hydrogen-bond acceptors (Lipinski definition) is 7. The molecule has 4 rings (SSSR count). The highest BCUT2D eigenvalue weighted by Crippen LogP contribution is 2.42. The fraction of sp³-hybridized carbons (Fsp3) is 0.429. The van der Waals surface area contributed by atoms with E-state index in [0.717, 1.165) is 5.56 Å². The first-order valence-corrected chi connectivity index (χ1v) is 12.6. The van der Waals surface area contributed by atoms with Crippen molar-refractivity contribution in [1.82, 2.24) is 14.8 Å². The zero-order chi connectivity index (χ0) is 26.7. The Morgan fingerprint density at radius 2 is 1.92 bits per heavy atom. The first-order chi connectivity index (χ1) is 17.7. The summed E-state index contributed by atoms with van der Waals surface area (Å²) in [6.07, 6.45) is 3.81. The molecule has 2 amide bonds. The Hall–Kier alpha value is -3.88. The number of aromatic nitrogens is 1. The van der Waals surface area contributed by atoms with Gasteiger partial charge in [0.25, 0.3) is 11.7 Å². The monoisotopic (exact) mass is 507 g/mol. The minimum atomic E-state index is -0.792. The minimum Gasteiger partial charge on any atom is -0.507 e. The number of amides is 2. The molecule has 37 heavy (non-hydrogen) atoms. The van der Waals surface area contributed by atoms with Crippen molar-refractivity contribution in [3.05, 3.63) is 65.0 Å². The van der Waals surface area contributed by atoms with Gasteiger partial charge in [-0.3, -0.25) is 14.6 Å². The molecule has 0 aliphatic carbocycles. The fourth-order valence-electron chi connectivity index (χ4n) is 4.97. The van der Waals surface area contributed by atoms with Crippen LogP contribution < -0.4 is 4.74 Å². The number of Topliss-reactive ketones (excluding diaryl/α,β-unsaturated/α-hetero) is 1. The molecule has 9 nitrogen and oxygen atoms in total. The zero-order valence-electron chi connectivity index (χ0n) is 21.6. The predicted octanol–water partition coefficient (Wildman–Crippen LogP) is 4.22. The third-order valence-electron chi connectivity index (χ3n) is 6.68. The van der Waals surface area contributed by atoms with Crippen molar-refractivity contribution in [3.8, 4) is 5.75 Å². The normalized spacial score (nSPS) is 20.0. The van der Waals surface area contributed by atoms with Crippen LogP contribution in [0.15, 0.2) is 48.3 Å². The van der Waals surface area contributed by atoms with Crippen molar-refractivity contribution in [3.63, 3.8) is 0 Å². The largest absolute Gasteiger partial charge is 0.507 e. The van der Waals surface area contributed by atoms with Gasteiger partial charge in [0, 0.05) is 37.1 Å². The van der Waals surface area contributed by atoms with Crippen LogP contribution in [-0.4, -0.2) is 69.5 Å². The van der Waals surface area contributed by atoms with Crippen LogP contribution in [0.5, 0.6) is 5.75 Å². The van der Waals surface area contributed by atoms with Crippen molar-refractivity contribution >= 4 is 23.5 Å². The summed E-state index contributed by atoms with van der Waals surface area (Å²) in [5.74, 6) is -0.956. The van der Waals surface area contributed by atoms with Gasteiger partial charge in [-0.2, -0.15) is 0 Å². The number of aryl methyl sites for hydroxylation is 1. The summed E-state index contributed by atoms with van der Waals surface area (Å²) in [6.45, 7) is 8.58. The molecule has 2 saturated heterocycles. The molecule has 0 radical (unpaired) electrons. The lowest BCUT2D eigenvalue weighted by atomic mass is 9.94. The molecule has 0 bridgehead atoms. The Bertz CT molecular complexity index is 1200. The van der Waals surface area contributed by atoms with E-state index in [1.807, 2.05) is 20.8 Å². The molecule has 9 heteroatoms. The second-order valence-corrected chi connectivity index (χ2v) is 9.56. The maximum absolute atomic E-state index is 13.4. The molecular formula is C28H33N3O6. The van der Waals surface area contributed by atoms with Crippen LogP contribution in [0.25, 0.3) is 5.76 Å². The van der Waals surface area contributed by atoms with Gasteiger partial charge in [0.05, 0.1) is 24.3 Å². The number of benzene rings is 1. The number of pyridine rings is 1. The van der Waals surface area contributed by atoms with Crippen molar-refractivity contribution < 1.29 is 29.0 Å². The van der Waals surface area contributed by atoms with Crippen LogP contribution in [0.1, 0.15) is 56.3 Å². The average Bonchev–Trinajstić information content (AvgIpc) is 3.15. The summed E-state index contributed by atoms with van der Waals surface area (Å²) >= 11 is 0. The Morgan fingerprint density at radius 3 is 2.51 bits per heavy atom. The number of nitrogens with zero attached hydrogens (tertiary/aromatic N) is 3. The molecule has 1 aromatic heterocycles. The lowest BCUT2D eigenvalue weighted by Gasteiger charge is -2.38. The molecule has 1 N–H and O–H groups in total. The highest BCUT2D eigenvalue weighted by molar-refractivity contribution is 6.46. The lowest BCUT2D eigenvalue weighted by molar-refractivity contribution is -0.142. The molecule has 2 aliphatic heterocycles. The summed E-state index contributed by atoms with van der Waals surface area (Å²) < 4.78 is 10.9. The number of likely N-dealkylation sites (tertiary alicyclic amines) is 2. The van der Waals surface area contributed by atoms with E-state index in [1.165, 1.54) is 0 Å². The van der Waals surface area contributed by atoms with E-state index in [9.17, 15) is 19.5 Å². The molecule has 1 aromatic carbocycles. The maximum atomic E-state index is 13.4. The van der Waals surface area contributed by atoms with Gasteiger partial charge in [-0.05, 0) is 75.9 Å². The summed E-state index contributed by atoms with van der Waals surface area (Å²) in [5.41, 5.74) is 1.89. The maximum Gasteiger partial charge on any atom is 0.409 e. The smallest absolute Gasteiger partial charge is 0.409 e. The number of carbonyl (C=O) groups excluding carboxylic acids is 3. The summed E-state index contributed by atoms with van der Waals surface area (Å²) in [6, 6.07) is 7.64. The van der Waals surface area contributed by atoms with Crippen LogP contribution in [0.3, 0.4) is 0 Å². The van der Waals surface area contributed by atoms with E-state index in [4.69, 9.17) is 9.47 Å². The Balaban J connectivity index is 1.71. The standard InChI is InChI=1S/C28H33N3O6/c1-5-36-28(35)30-13-10-21(11-14-30)31-24(20-7-6-12-29-16-20)23(26(33)27(31)34)25(32)19-8-9-22(18(4)15-19)37-17(2)3/h6-9,12,15-17,21,24,32H,5,10-11,13-14H2,1-4H3/b25-23+. The molecule has 196 valence electrons. The quantitative estimate of drug-likeness (QED) is 0.354. The number of aliphatic hydroxyl groups is 1. The van der Waals surface area contributed by atoms with E-state index in [1.54, 1.807) is 59.4 Å².